The fraction of sp³-hybridized carbons (Fsp3) is 0.684. The molecule has 0 spiro atoms. The van der Waals surface area contributed by atoms with E-state index in [1.165, 1.54) is 11.1 Å². The summed E-state index contributed by atoms with van der Waals surface area (Å²) in [7, 11) is 0. The molecule has 0 amide bonds. The van der Waals surface area contributed by atoms with Crippen LogP contribution in [0.4, 0.5) is 0 Å². The Morgan fingerprint density at radius 1 is 1.23 bits per heavy atom. The Morgan fingerprint density at radius 2 is 1.95 bits per heavy atom. The minimum atomic E-state index is -0.194. The number of rotatable bonds is 4. The van der Waals surface area contributed by atoms with Gasteiger partial charge < -0.3 is 14.7 Å². The molecule has 0 aliphatic carbocycles. The van der Waals surface area contributed by atoms with Gasteiger partial charge in [-0.15, -0.1) is 0 Å². The highest BCUT2D eigenvalue weighted by molar-refractivity contribution is 5.34. The number of aliphatic hydroxyl groups excluding tert-OH is 1. The first kappa shape index (κ1) is 16.0. The lowest BCUT2D eigenvalue weighted by atomic mass is 9.76. The SMILES string of the molecule is CCC1(CO)CCN(CC2(C)OCCc3ccccc32)CC1. The summed E-state index contributed by atoms with van der Waals surface area (Å²) in [6, 6.07) is 8.71. The van der Waals surface area contributed by atoms with Crippen LogP contribution in [-0.4, -0.2) is 42.9 Å². The Morgan fingerprint density at radius 3 is 2.64 bits per heavy atom. The lowest BCUT2D eigenvalue weighted by Gasteiger charge is -2.45. The summed E-state index contributed by atoms with van der Waals surface area (Å²) in [5, 5.41) is 9.69. The zero-order chi connectivity index (χ0) is 15.6. The van der Waals surface area contributed by atoms with Crippen molar-refractivity contribution in [3.63, 3.8) is 0 Å². The van der Waals surface area contributed by atoms with Gasteiger partial charge in [-0.2, -0.15) is 0 Å². The third kappa shape index (κ3) is 2.94. The van der Waals surface area contributed by atoms with Crippen molar-refractivity contribution >= 4 is 0 Å². The van der Waals surface area contributed by atoms with E-state index >= 15 is 0 Å². The molecule has 1 saturated heterocycles. The summed E-state index contributed by atoms with van der Waals surface area (Å²) in [6.07, 6.45) is 4.29. The van der Waals surface area contributed by atoms with E-state index in [1.807, 2.05) is 0 Å². The summed E-state index contributed by atoms with van der Waals surface area (Å²) in [4.78, 5) is 2.52. The Hall–Kier alpha value is -0.900. The Kier molecular flexibility index (Phi) is 4.58. The van der Waals surface area contributed by atoms with E-state index in [0.29, 0.717) is 6.61 Å². The van der Waals surface area contributed by atoms with Gasteiger partial charge in [0.25, 0.3) is 0 Å². The van der Waals surface area contributed by atoms with Gasteiger partial charge in [0.05, 0.1) is 6.61 Å². The lowest BCUT2D eigenvalue weighted by Crippen LogP contribution is -2.49. The number of ether oxygens (including phenoxy) is 1. The predicted octanol–water partition coefficient (Wildman–Crippen LogP) is 2.96. The van der Waals surface area contributed by atoms with Gasteiger partial charge in [-0.1, -0.05) is 31.2 Å². The van der Waals surface area contributed by atoms with Gasteiger partial charge in [-0.3, -0.25) is 0 Å². The molecule has 3 nitrogen and oxygen atoms in total. The molecule has 1 N–H and O–H groups in total. The molecule has 3 rings (SSSR count). The van der Waals surface area contributed by atoms with Gasteiger partial charge in [-0.05, 0) is 62.2 Å². The van der Waals surface area contributed by atoms with E-state index in [9.17, 15) is 5.11 Å². The number of hydrogen-bond acceptors (Lipinski definition) is 3. The molecule has 1 unspecified atom stereocenters. The topological polar surface area (TPSA) is 32.7 Å². The quantitative estimate of drug-likeness (QED) is 0.928. The normalized spacial score (nSPS) is 28.3. The van der Waals surface area contributed by atoms with E-state index in [4.69, 9.17) is 4.74 Å². The van der Waals surface area contributed by atoms with Gasteiger partial charge in [0.1, 0.15) is 5.60 Å². The first-order valence-electron chi connectivity index (χ1n) is 8.66. The molecule has 1 aromatic rings. The summed E-state index contributed by atoms with van der Waals surface area (Å²) < 4.78 is 6.21. The maximum Gasteiger partial charge on any atom is 0.103 e. The molecule has 0 saturated carbocycles. The van der Waals surface area contributed by atoms with Crippen molar-refractivity contribution < 1.29 is 9.84 Å². The molecule has 0 aromatic heterocycles. The van der Waals surface area contributed by atoms with E-state index < -0.39 is 0 Å². The van der Waals surface area contributed by atoms with Crippen molar-refractivity contribution in [1.82, 2.24) is 4.90 Å². The minimum absolute atomic E-state index is 0.155. The smallest absolute Gasteiger partial charge is 0.103 e. The molecule has 3 heteroatoms. The third-order valence-electron chi connectivity index (χ3n) is 5.91. The Labute approximate surface area is 134 Å². The van der Waals surface area contributed by atoms with Gasteiger partial charge >= 0.3 is 0 Å². The van der Waals surface area contributed by atoms with Crippen molar-refractivity contribution in [2.45, 2.75) is 45.1 Å². The Balaban J connectivity index is 1.70. The fourth-order valence-electron chi connectivity index (χ4n) is 4.08. The number of benzene rings is 1. The molecule has 1 aromatic carbocycles. The number of hydrogen-bond donors (Lipinski definition) is 1. The van der Waals surface area contributed by atoms with Crippen molar-refractivity contribution in [2.24, 2.45) is 5.41 Å². The lowest BCUT2D eigenvalue weighted by molar-refractivity contribution is -0.0778. The molecular formula is C19H29NO2. The minimum Gasteiger partial charge on any atom is -0.396 e. The van der Waals surface area contributed by atoms with Crippen LogP contribution >= 0.6 is 0 Å². The molecule has 1 fully saturated rings. The standard InChI is InChI=1S/C19H29NO2/c1-3-19(15-21)9-11-20(12-10-19)14-18(2)17-7-5-4-6-16(17)8-13-22-18/h4-7,21H,3,8-15H2,1-2H3. The number of nitrogens with zero attached hydrogens (tertiary/aromatic N) is 1. The summed E-state index contributed by atoms with van der Waals surface area (Å²) in [6.45, 7) is 8.66. The Bertz CT molecular complexity index is 502. The second kappa shape index (κ2) is 6.31. The molecule has 122 valence electrons. The first-order valence-corrected chi connectivity index (χ1v) is 8.66. The number of aliphatic hydroxyl groups is 1. The average Bonchev–Trinajstić information content (AvgIpc) is 2.56. The molecule has 2 aliphatic rings. The van der Waals surface area contributed by atoms with Gasteiger partial charge in [0, 0.05) is 13.2 Å². The van der Waals surface area contributed by atoms with Crippen LogP contribution in [0.25, 0.3) is 0 Å². The van der Waals surface area contributed by atoms with Crippen LogP contribution in [0.15, 0.2) is 24.3 Å². The summed E-state index contributed by atoms with van der Waals surface area (Å²) >= 11 is 0. The predicted molar refractivity (Wildman–Crippen MR) is 88.9 cm³/mol. The second-order valence-corrected chi connectivity index (χ2v) is 7.27. The monoisotopic (exact) mass is 303 g/mol. The number of likely N-dealkylation sites (tertiary alicyclic amines) is 1. The number of fused-ring (bicyclic) bond motifs is 1. The van der Waals surface area contributed by atoms with Crippen LogP contribution in [0.1, 0.15) is 44.2 Å². The zero-order valence-electron chi connectivity index (χ0n) is 14.0. The molecule has 2 aliphatic heterocycles. The van der Waals surface area contributed by atoms with Crippen molar-refractivity contribution in [1.29, 1.82) is 0 Å². The van der Waals surface area contributed by atoms with E-state index in [0.717, 1.165) is 51.9 Å². The highest BCUT2D eigenvalue weighted by atomic mass is 16.5. The largest absolute Gasteiger partial charge is 0.396 e. The second-order valence-electron chi connectivity index (χ2n) is 7.27. The molecule has 22 heavy (non-hydrogen) atoms. The highest BCUT2D eigenvalue weighted by Crippen LogP contribution is 2.38. The fourth-order valence-corrected chi connectivity index (χ4v) is 4.08. The van der Waals surface area contributed by atoms with E-state index in [-0.39, 0.29) is 11.0 Å². The first-order chi connectivity index (χ1) is 10.6. The average molecular weight is 303 g/mol. The van der Waals surface area contributed by atoms with E-state index in [1.54, 1.807) is 0 Å². The highest BCUT2D eigenvalue weighted by Gasteiger charge is 2.38. The summed E-state index contributed by atoms with van der Waals surface area (Å²) in [5.74, 6) is 0. The van der Waals surface area contributed by atoms with Crippen LogP contribution in [0.3, 0.4) is 0 Å². The third-order valence-corrected chi connectivity index (χ3v) is 5.91. The van der Waals surface area contributed by atoms with Gasteiger partial charge in [-0.25, -0.2) is 0 Å². The van der Waals surface area contributed by atoms with Crippen LogP contribution in [0.2, 0.25) is 0 Å². The van der Waals surface area contributed by atoms with Gasteiger partial charge in [0.15, 0.2) is 0 Å². The maximum atomic E-state index is 9.69. The van der Waals surface area contributed by atoms with E-state index in [2.05, 4.69) is 43.0 Å². The van der Waals surface area contributed by atoms with Crippen LogP contribution < -0.4 is 0 Å². The molecular weight excluding hydrogens is 274 g/mol. The zero-order valence-corrected chi connectivity index (χ0v) is 14.0. The molecule has 0 radical (unpaired) electrons. The van der Waals surface area contributed by atoms with Crippen molar-refractivity contribution in [3.05, 3.63) is 35.4 Å². The molecule has 0 bridgehead atoms. The van der Waals surface area contributed by atoms with Crippen LogP contribution in [-0.2, 0) is 16.8 Å². The van der Waals surface area contributed by atoms with Crippen molar-refractivity contribution in [3.8, 4) is 0 Å². The maximum absolute atomic E-state index is 9.69. The van der Waals surface area contributed by atoms with Crippen LogP contribution in [0, 0.1) is 5.41 Å². The van der Waals surface area contributed by atoms with Crippen LogP contribution in [0.5, 0.6) is 0 Å². The van der Waals surface area contributed by atoms with Crippen molar-refractivity contribution in [2.75, 3.05) is 32.8 Å². The molecule has 1 atom stereocenters. The molecule has 2 heterocycles. The summed E-state index contributed by atoms with van der Waals surface area (Å²) in [5.41, 5.74) is 2.76. The van der Waals surface area contributed by atoms with Gasteiger partial charge in [0.2, 0.25) is 0 Å². The number of piperidine rings is 1.